The van der Waals surface area contributed by atoms with Gasteiger partial charge in [0.05, 0.1) is 17.7 Å². The Bertz CT molecular complexity index is 890. The molecule has 21 heavy (non-hydrogen) atoms. The van der Waals surface area contributed by atoms with Crippen molar-refractivity contribution in [2.24, 2.45) is 0 Å². The lowest BCUT2D eigenvalue weighted by Gasteiger charge is -2.06. The first-order chi connectivity index (χ1) is 10.3. The molecule has 2 aromatic carbocycles. The lowest BCUT2D eigenvalue weighted by molar-refractivity contribution is 1.07. The molecule has 0 aliphatic rings. The molecule has 1 N–H and O–H groups in total. The average molecular weight is 338 g/mol. The van der Waals surface area contributed by atoms with E-state index in [0.717, 1.165) is 26.9 Å². The van der Waals surface area contributed by atoms with Crippen LogP contribution >= 0.6 is 15.9 Å². The monoisotopic (exact) mass is 337 g/mol. The molecule has 0 spiro atoms. The van der Waals surface area contributed by atoms with Crippen LogP contribution in [0.5, 0.6) is 0 Å². The molecule has 0 aliphatic carbocycles. The second kappa shape index (κ2) is 4.90. The summed E-state index contributed by atoms with van der Waals surface area (Å²) in [7, 11) is 0. The molecule has 102 valence electrons. The number of aromatic amines is 1. The molecule has 0 bridgehead atoms. The van der Waals surface area contributed by atoms with E-state index >= 15 is 0 Å². The standard InChI is InChI=1S/C17H12BrN3/c18-13-7-5-12(6-8-13)16-17(21-10-9-19-11-21)14-3-1-2-4-15(14)20-16/h1-11,20H. The van der Waals surface area contributed by atoms with Crippen LogP contribution in [0.3, 0.4) is 0 Å². The van der Waals surface area contributed by atoms with Gasteiger partial charge in [-0.05, 0) is 18.2 Å². The van der Waals surface area contributed by atoms with E-state index in [-0.39, 0.29) is 0 Å². The molecular formula is C17H12BrN3. The molecule has 0 fully saturated rings. The highest BCUT2D eigenvalue weighted by atomic mass is 79.9. The number of fused-ring (bicyclic) bond motifs is 1. The third kappa shape index (κ3) is 2.08. The zero-order valence-electron chi connectivity index (χ0n) is 11.1. The van der Waals surface area contributed by atoms with Gasteiger partial charge in [-0.25, -0.2) is 4.98 Å². The maximum atomic E-state index is 4.18. The minimum atomic E-state index is 1.08. The van der Waals surface area contributed by atoms with Gasteiger partial charge in [-0.2, -0.15) is 0 Å². The molecule has 0 aliphatic heterocycles. The highest BCUT2D eigenvalue weighted by Gasteiger charge is 2.14. The third-order valence-corrected chi connectivity index (χ3v) is 4.10. The van der Waals surface area contributed by atoms with E-state index in [0.29, 0.717) is 0 Å². The first-order valence-electron chi connectivity index (χ1n) is 6.68. The summed E-state index contributed by atoms with van der Waals surface area (Å²) in [6, 6.07) is 16.6. The van der Waals surface area contributed by atoms with Gasteiger partial charge in [-0.15, -0.1) is 0 Å². The summed E-state index contributed by atoms with van der Waals surface area (Å²) in [4.78, 5) is 7.70. The Hall–Kier alpha value is -2.33. The number of para-hydroxylation sites is 1. The topological polar surface area (TPSA) is 33.6 Å². The normalized spacial score (nSPS) is 11.1. The van der Waals surface area contributed by atoms with Crippen LogP contribution in [0.2, 0.25) is 0 Å². The highest BCUT2D eigenvalue weighted by Crippen LogP contribution is 2.33. The second-order valence-electron chi connectivity index (χ2n) is 4.87. The van der Waals surface area contributed by atoms with Gasteiger partial charge >= 0.3 is 0 Å². The van der Waals surface area contributed by atoms with Crippen molar-refractivity contribution in [2.75, 3.05) is 0 Å². The van der Waals surface area contributed by atoms with Crippen LogP contribution in [0.1, 0.15) is 0 Å². The van der Waals surface area contributed by atoms with Crippen LogP contribution < -0.4 is 0 Å². The Morgan fingerprint density at radius 1 is 1.00 bits per heavy atom. The van der Waals surface area contributed by atoms with Crippen LogP contribution in [-0.2, 0) is 0 Å². The van der Waals surface area contributed by atoms with Gasteiger partial charge in [0.25, 0.3) is 0 Å². The summed E-state index contributed by atoms with van der Waals surface area (Å²) in [5, 5.41) is 1.19. The summed E-state index contributed by atoms with van der Waals surface area (Å²) in [5.41, 5.74) is 4.50. The highest BCUT2D eigenvalue weighted by molar-refractivity contribution is 9.10. The van der Waals surface area contributed by atoms with E-state index in [1.165, 1.54) is 5.39 Å². The van der Waals surface area contributed by atoms with Gasteiger partial charge in [-0.1, -0.05) is 46.3 Å². The number of benzene rings is 2. The number of nitrogens with one attached hydrogen (secondary N) is 1. The molecule has 0 saturated heterocycles. The maximum absolute atomic E-state index is 4.18. The molecule has 4 heteroatoms. The fourth-order valence-electron chi connectivity index (χ4n) is 2.61. The van der Waals surface area contributed by atoms with Gasteiger partial charge in [0, 0.05) is 33.3 Å². The minimum Gasteiger partial charge on any atom is -0.353 e. The lowest BCUT2D eigenvalue weighted by Crippen LogP contribution is -1.92. The van der Waals surface area contributed by atoms with Crippen LogP contribution in [-0.4, -0.2) is 14.5 Å². The first-order valence-corrected chi connectivity index (χ1v) is 7.47. The number of H-pyrrole nitrogens is 1. The number of rotatable bonds is 2. The van der Waals surface area contributed by atoms with Crippen molar-refractivity contribution in [3.05, 3.63) is 71.7 Å². The number of imidazole rings is 1. The van der Waals surface area contributed by atoms with Crippen molar-refractivity contribution < 1.29 is 0 Å². The number of halogens is 1. The van der Waals surface area contributed by atoms with Crippen molar-refractivity contribution in [1.29, 1.82) is 0 Å². The molecule has 2 heterocycles. The zero-order chi connectivity index (χ0) is 14.2. The Labute approximate surface area is 130 Å². The fraction of sp³-hybridized carbons (Fsp3) is 0. The Balaban J connectivity index is 2.04. The van der Waals surface area contributed by atoms with E-state index < -0.39 is 0 Å². The van der Waals surface area contributed by atoms with Crippen LogP contribution in [0.4, 0.5) is 0 Å². The number of aromatic nitrogens is 3. The predicted octanol–water partition coefficient (Wildman–Crippen LogP) is 4.78. The number of hydrogen-bond acceptors (Lipinski definition) is 1. The van der Waals surface area contributed by atoms with E-state index in [9.17, 15) is 0 Å². The number of hydrogen-bond donors (Lipinski definition) is 1. The molecule has 0 atom stereocenters. The zero-order valence-corrected chi connectivity index (χ0v) is 12.7. The summed E-state index contributed by atoms with van der Waals surface area (Å²) in [6.45, 7) is 0. The van der Waals surface area contributed by atoms with Crippen molar-refractivity contribution in [1.82, 2.24) is 14.5 Å². The molecule has 4 aromatic rings. The average Bonchev–Trinajstić information content (AvgIpc) is 3.14. The van der Waals surface area contributed by atoms with E-state index in [1.807, 2.05) is 18.6 Å². The van der Waals surface area contributed by atoms with Crippen molar-refractivity contribution in [3.8, 4) is 16.9 Å². The summed E-state index contributed by atoms with van der Waals surface area (Å²) < 4.78 is 3.13. The summed E-state index contributed by atoms with van der Waals surface area (Å²) in [5.74, 6) is 0. The lowest BCUT2D eigenvalue weighted by atomic mass is 10.1. The van der Waals surface area contributed by atoms with Crippen LogP contribution in [0, 0.1) is 0 Å². The first kappa shape index (κ1) is 12.4. The largest absolute Gasteiger partial charge is 0.353 e. The van der Waals surface area contributed by atoms with E-state index in [4.69, 9.17) is 0 Å². The van der Waals surface area contributed by atoms with Gasteiger partial charge in [-0.3, -0.25) is 0 Å². The second-order valence-corrected chi connectivity index (χ2v) is 5.79. The molecule has 2 aromatic heterocycles. The van der Waals surface area contributed by atoms with Gasteiger partial charge < -0.3 is 9.55 Å². The van der Waals surface area contributed by atoms with Crippen molar-refractivity contribution in [3.63, 3.8) is 0 Å². The summed E-state index contributed by atoms with van der Waals surface area (Å²) >= 11 is 3.48. The van der Waals surface area contributed by atoms with Crippen LogP contribution in [0.15, 0.2) is 71.7 Å². The molecule has 0 amide bonds. The van der Waals surface area contributed by atoms with Gasteiger partial charge in [0.15, 0.2) is 0 Å². The molecule has 4 rings (SSSR count). The quantitative estimate of drug-likeness (QED) is 0.560. The third-order valence-electron chi connectivity index (χ3n) is 3.57. The molecule has 0 unspecified atom stereocenters. The number of nitrogens with zero attached hydrogens (tertiary/aromatic N) is 2. The predicted molar refractivity (Wildman–Crippen MR) is 88.6 cm³/mol. The van der Waals surface area contributed by atoms with E-state index in [2.05, 4.69) is 72.9 Å². The Morgan fingerprint density at radius 2 is 1.81 bits per heavy atom. The summed E-state index contributed by atoms with van der Waals surface area (Å²) in [6.07, 6.45) is 5.60. The molecule has 0 saturated carbocycles. The smallest absolute Gasteiger partial charge is 0.0992 e. The van der Waals surface area contributed by atoms with Crippen LogP contribution in [0.25, 0.3) is 27.8 Å². The molecule has 0 radical (unpaired) electrons. The van der Waals surface area contributed by atoms with Crippen molar-refractivity contribution >= 4 is 26.8 Å². The van der Waals surface area contributed by atoms with E-state index in [1.54, 1.807) is 6.20 Å². The van der Waals surface area contributed by atoms with Crippen molar-refractivity contribution in [2.45, 2.75) is 0 Å². The molecule has 3 nitrogen and oxygen atoms in total. The Kier molecular flexibility index (Phi) is 2.89. The fourth-order valence-corrected chi connectivity index (χ4v) is 2.88. The molecular weight excluding hydrogens is 326 g/mol. The maximum Gasteiger partial charge on any atom is 0.0992 e. The van der Waals surface area contributed by atoms with Gasteiger partial charge in [0.2, 0.25) is 0 Å². The Morgan fingerprint density at radius 3 is 2.57 bits per heavy atom. The SMILES string of the molecule is Brc1ccc(-c2[nH]c3ccccc3c2-n2ccnc2)cc1. The van der Waals surface area contributed by atoms with Gasteiger partial charge in [0.1, 0.15) is 0 Å². The minimum absolute atomic E-state index is 1.08.